The smallest absolute Gasteiger partial charge is 0.257 e. The van der Waals surface area contributed by atoms with Gasteiger partial charge >= 0.3 is 0 Å². The fourth-order valence-electron chi connectivity index (χ4n) is 3.04. The van der Waals surface area contributed by atoms with Crippen molar-refractivity contribution >= 4 is 5.91 Å². The topological polar surface area (TPSA) is 58.6 Å². The molecular formula is C18H22N4O2. The van der Waals surface area contributed by atoms with Crippen LogP contribution in [-0.4, -0.2) is 59.0 Å². The Morgan fingerprint density at radius 1 is 1.29 bits per heavy atom. The number of benzene rings is 1. The van der Waals surface area contributed by atoms with Gasteiger partial charge in [0.25, 0.3) is 5.91 Å². The average molecular weight is 326 g/mol. The van der Waals surface area contributed by atoms with Crippen molar-refractivity contribution in [3.8, 4) is 5.75 Å². The van der Waals surface area contributed by atoms with Gasteiger partial charge in [-0.3, -0.25) is 9.69 Å². The van der Waals surface area contributed by atoms with E-state index in [4.69, 9.17) is 4.74 Å². The van der Waals surface area contributed by atoms with Crippen molar-refractivity contribution in [2.75, 3.05) is 27.2 Å². The fraction of sp³-hybridized carbons (Fsp3) is 0.389. The number of hydrogen-bond donors (Lipinski definition) is 0. The van der Waals surface area contributed by atoms with Crippen LogP contribution in [0.1, 0.15) is 22.6 Å². The van der Waals surface area contributed by atoms with E-state index >= 15 is 0 Å². The first-order valence-corrected chi connectivity index (χ1v) is 8.07. The van der Waals surface area contributed by atoms with Crippen LogP contribution in [0.3, 0.4) is 0 Å². The molecule has 126 valence electrons. The van der Waals surface area contributed by atoms with Gasteiger partial charge in [0.1, 0.15) is 11.6 Å². The van der Waals surface area contributed by atoms with Crippen LogP contribution < -0.4 is 4.74 Å². The number of nitrogens with zero attached hydrogens (tertiary/aromatic N) is 4. The Kier molecular flexibility index (Phi) is 5.05. The van der Waals surface area contributed by atoms with Gasteiger partial charge < -0.3 is 9.64 Å². The summed E-state index contributed by atoms with van der Waals surface area (Å²) in [6.45, 7) is 2.14. The molecule has 2 aromatic rings. The Morgan fingerprint density at radius 2 is 2.04 bits per heavy atom. The Labute approximate surface area is 142 Å². The molecule has 1 aliphatic rings. The molecule has 0 aliphatic carbocycles. The summed E-state index contributed by atoms with van der Waals surface area (Å²) in [4.78, 5) is 25.4. The first kappa shape index (κ1) is 16.4. The molecule has 1 aliphatic heterocycles. The van der Waals surface area contributed by atoms with Crippen molar-refractivity contribution in [1.29, 1.82) is 0 Å². The Hall–Kier alpha value is -2.47. The van der Waals surface area contributed by atoms with E-state index in [1.54, 1.807) is 19.5 Å². The molecule has 1 fully saturated rings. The lowest BCUT2D eigenvalue weighted by Crippen LogP contribution is -2.36. The van der Waals surface area contributed by atoms with Crippen LogP contribution in [0.4, 0.5) is 0 Å². The Morgan fingerprint density at radius 3 is 2.79 bits per heavy atom. The van der Waals surface area contributed by atoms with Crippen molar-refractivity contribution in [3.63, 3.8) is 0 Å². The molecule has 0 saturated carbocycles. The zero-order valence-electron chi connectivity index (χ0n) is 14.1. The molecular weight excluding hydrogens is 304 g/mol. The summed E-state index contributed by atoms with van der Waals surface area (Å²) in [6, 6.07) is 9.49. The summed E-state index contributed by atoms with van der Waals surface area (Å²) < 4.78 is 5.30. The first-order chi connectivity index (χ1) is 11.7. The number of aromatic nitrogens is 2. The highest BCUT2D eigenvalue weighted by Gasteiger charge is 2.30. The summed E-state index contributed by atoms with van der Waals surface area (Å²) in [5.41, 5.74) is 0.620. The minimum Gasteiger partial charge on any atom is -0.496 e. The number of likely N-dealkylation sites (N-methyl/N-ethyl adjacent to an activating group) is 1. The average Bonchev–Trinajstić information content (AvgIpc) is 3.12. The summed E-state index contributed by atoms with van der Waals surface area (Å²) in [7, 11) is 3.64. The lowest BCUT2D eigenvalue weighted by Gasteiger charge is -2.24. The second kappa shape index (κ2) is 7.40. The van der Waals surface area contributed by atoms with Gasteiger partial charge in [-0.2, -0.15) is 0 Å². The summed E-state index contributed by atoms with van der Waals surface area (Å²) in [5, 5.41) is 0. The van der Waals surface area contributed by atoms with Gasteiger partial charge in [0, 0.05) is 31.5 Å². The first-order valence-electron chi connectivity index (χ1n) is 8.07. The number of para-hydroxylation sites is 1. The Balaban J connectivity index is 1.63. The highest BCUT2D eigenvalue weighted by molar-refractivity contribution is 5.97. The number of rotatable bonds is 5. The SMILES string of the molecule is COc1ccccc1C(=O)N1CC[C@H](N(C)Cc2ncccn2)C1. The van der Waals surface area contributed by atoms with Crippen molar-refractivity contribution < 1.29 is 9.53 Å². The third kappa shape index (κ3) is 3.54. The lowest BCUT2D eigenvalue weighted by molar-refractivity contribution is 0.0776. The maximum absolute atomic E-state index is 12.8. The second-order valence-electron chi connectivity index (χ2n) is 5.97. The molecule has 0 radical (unpaired) electrons. The van der Waals surface area contributed by atoms with Crippen LogP contribution in [0, 0.1) is 0 Å². The summed E-state index contributed by atoms with van der Waals surface area (Å²) in [6.07, 6.45) is 4.45. The Bertz CT molecular complexity index is 692. The van der Waals surface area contributed by atoms with Gasteiger partial charge in [-0.1, -0.05) is 12.1 Å². The number of carbonyl (C=O) groups is 1. The van der Waals surface area contributed by atoms with Crippen LogP contribution in [-0.2, 0) is 6.54 Å². The minimum absolute atomic E-state index is 0.0271. The van der Waals surface area contributed by atoms with Gasteiger partial charge in [0.2, 0.25) is 0 Å². The summed E-state index contributed by atoms with van der Waals surface area (Å²) >= 11 is 0. The third-order valence-corrected chi connectivity index (χ3v) is 4.42. The van der Waals surface area contributed by atoms with Gasteiger partial charge in [-0.15, -0.1) is 0 Å². The van der Waals surface area contributed by atoms with Crippen molar-refractivity contribution in [2.45, 2.75) is 19.0 Å². The zero-order chi connectivity index (χ0) is 16.9. The standard InChI is InChI=1S/C18H22N4O2/c1-21(13-17-19-9-5-10-20-17)14-8-11-22(12-14)18(23)15-6-3-4-7-16(15)24-2/h3-7,9-10,14H,8,11-13H2,1-2H3/t14-/m0/s1. The van der Waals surface area contributed by atoms with Crippen molar-refractivity contribution in [2.24, 2.45) is 0 Å². The maximum Gasteiger partial charge on any atom is 0.257 e. The van der Waals surface area contributed by atoms with E-state index in [1.165, 1.54) is 0 Å². The second-order valence-corrected chi connectivity index (χ2v) is 5.97. The highest BCUT2D eigenvalue weighted by Crippen LogP contribution is 2.23. The summed E-state index contributed by atoms with van der Waals surface area (Å²) in [5.74, 6) is 1.45. The van der Waals surface area contributed by atoms with E-state index in [0.29, 0.717) is 30.4 Å². The molecule has 2 heterocycles. The zero-order valence-corrected chi connectivity index (χ0v) is 14.1. The number of methoxy groups -OCH3 is 1. The molecule has 1 atom stereocenters. The molecule has 0 bridgehead atoms. The molecule has 0 unspecified atom stereocenters. The van der Waals surface area contributed by atoms with E-state index in [0.717, 1.165) is 18.8 Å². The highest BCUT2D eigenvalue weighted by atomic mass is 16.5. The molecule has 24 heavy (non-hydrogen) atoms. The van der Waals surface area contributed by atoms with Crippen molar-refractivity contribution in [3.05, 3.63) is 54.1 Å². The van der Waals surface area contributed by atoms with Crippen LogP contribution in [0.25, 0.3) is 0 Å². The van der Waals surface area contributed by atoms with Crippen molar-refractivity contribution in [1.82, 2.24) is 19.8 Å². The van der Waals surface area contributed by atoms with Gasteiger partial charge in [0.15, 0.2) is 0 Å². The molecule has 0 spiro atoms. The molecule has 0 N–H and O–H groups in total. The fourth-order valence-corrected chi connectivity index (χ4v) is 3.04. The van der Waals surface area contributed by atoms with Crippen LogP contribution >= 0.6 is 0 Å². The van der Waals surface area contributed by atoms with Crippen LogP contribution in [0.5, 0.6) is 5.75 Å². The molecule has 1 amide bonds. The maximum atomic E-state index is 12.8. The number of likely N-dealkylation sites (tertiary alicyclic amines) is 1. The number of carbonyl (C=O) groups excluding carboxylic acids is 1. The predicted octanol–water partition coefficient (Wildman–Crippen LogP) is 1.83. The number of amides is 1. The van der Waals surface area contributed by atoms with E-state index < -0.39 is 0 Å². The van der Waals surface area contributed by atoms with Crippen LogP contribution in [0.15, 0.2) is 42.7 Å². The van der Waals surface area contributed by atoms with Gasteiger partial charge in [0.05, 0.1) is 19.2 Å². The molecule has 6 heteroatoms. The monoisotopic (exact) mass is 326 g/mol. The molecule has 6 nitrogen and oxygen atoms in total. The minimum atomic E-state index is 0.0271. The van der Waals surface area contributed by atoms with E-state index in [1.807, 2.05) is 35.2 Å². The van der Waals surface area contributed by atoms with E-state index in [2.05, 4.69) is 21.9 Å². The molecule has 1 aromatic heterocycles. The molecule has 1 saturated heterocycles. The normalized spacial score (nSPS) is 17.3. The molecule has 1 aromatic carbocycles. The number of hydrogen-bond acceptors (Lipinski definition) is 5. The third-order valence-electron chi connectivity index (χ3n) is 4.42. The van der Waals surface area contributed by atoms with E-state index in [9.17, 15) is 4.79 Å². The lowest BCUT2D eigenvalue weighted by atomic mass is 10.2. The van der Waals surface area contributed by atoms with Gasteiger partial charge in [-0.25, -0.2) is 9.97 Å². The molecule has 3 rings (SSSR count). The van der Waals surface area contributed by atoms with Gasteiger partial charge in [-0.05, 0) is 31.7 Å². The van der Waals surface area contributed by atoms with E-state index in [-0.39, 0.29) is 5.91 Å². The largest absolute Gasteiger partial charge is 0.496 e. The quantitative estimate of drug-likeness (QED) is 0.839. The van der Waals surface area contributed by atoms with Crippen LogP contribution in [0.2, 0.25) is 0 Å². The number of ether oxygens (including phenoxy) is 1. The predicted molar refractivity (Wildman–Crippen MR) is 90.8 cm³/mol.